The van der Waals surface area contributed by atoms with Crippen LogP contribution < -0.4 is 9.47 Å². The lowest BCUT2D eigenvalue weighted by atomic mass is 10.0. The average Bonchev–Trinajstić information content (AvgIpc) is 2.53. The predicted octanol–water partition coefficient (Wildman–Crippen LogP) is 2.79. The summed E-state index contributed by atoms with van der Waals surface area (Å²) in [6.45, 7) is 0. The van der Waals surface area contributed by atoms with Gasteiger partial charge in [-0.2, -0.15) is 0 Å². The van der Waals surface area contributed by atoms with Crippen LogP contribution in [0.15, 0.2) is 12.1 Å². The maximum Gasteiger partial charge on any atom is 0.305 e. The lowest BCUT2D eigenvalue weighted by Crippen LogP contribution is -2.00. The van der Waals surface area contributed by atoms with Crippen molar-refractivity contribution in [2.24, 2.45) is 0 Å². The van der Waals surface area contributed by atoms with Crippen LogP contribution in [0.2, 0.25) is 0 Å². The molecule has 0 unspecified atom stereocenters. The smallest absolute Gasteiger partial charge is 0.305 e. The van der Waals surface area contributed by atoms with Crippen LogP contribution in [0.1, 0.15) is 41.6 Å². The van der Waals surface area contributed by atoms with Crippen molar-refractivity contribution in [1.29, 1.82) is 0 Å². The summed E-state index contributed by atoms with van der Waals surface area (Å²) in [5.41, 5.74) is 1.47. The second-order valence-corrected chi connectivity index (χ2v) is 4.66. The summed E-state index contributed by atoms with van der Waals surface area (Å²) < 4.78 is 15.1. The first-order valence-corrected chi connectivity index (χ1v) is 6.93. The topological polar surface area (TPSA) is 61.8 Å². The Kier molecular flexibility index (Phi) is 7.29. The van der Waals surface area contributed by atoms with Gasteiger partial charge in [0.05, 0.1) is 26.9 Å². The lowest BCUT2D eigenvalue weighted by Gasteiger charge is -2.12. The Hall–Kier alpha value is -2.04. The quantitative estimate of drug-likeness (QED) is 0.398. The van der Waals surface area contributed by atoms with E-state index in [1.54, 1.807) is 13.2 Å². The van der Waals surface area contributed by atoms with Crippen molar-refractivity contribution < 1.29 is 23.8 Å². The Bertz CT molecular complexity index is 482. The summed E-state index contributed by atoms with van der Waals surface area (Å²) >= 11 is 0. The molecule has 5 nitrogen and oxygen atoms in total. The van der Waals surface area contributed by atoms with E-state index in [-0.39, 0.29) is 5.97 Å². The zero-order chi connectivity index (χ0) is 15.7. The van der Waals surface area contributed by atoms with Crippen molar-refractivity contribution >= 4 is 12.3 Å². The molecular formula is C16H22O5. The predicted molar refractivity (Wildman–Crippen MR) is 79.1 cm³/mol. The Morgan fingerprint density at radius 1 is 1.05 bits per heavy atom. The summed E-state index contributed by atoms with van der Waals surface area (Å²) in [6.07, 6.45) is 4.66. The number of methoxy groups -OCH3 is 3. The number of aldehydes is 1. The van der Waals surface area contributed by atoms with Gasteiger partial charge in [-0.25, -0.2) is 0 Å². The molecule has 1 aromatic carbocycles. The van der Waals surface area contributed by atoms with Crippen molar-refractivity contribution in [3.63, 3.8) is 0 Å². The molecule has 0 fully saturated rings. The van der Waals surface area contributed by atoms with E-state index in [2.05, 4.69) is 4.74 Å². The van der Waals surface area contributed by atoms with E-state index in [9.17, 15) is 9.59 Å². The largest absolute Gasteiger partial charge is 0.496 e. The summed E-state index contributed by atoms with van der Waals surface area (Å²) in [6, 6.07) is 3.53. The van der Waals surface area contributed by atoms with Gasteiger partial charge in [0.2, 0.25) is 0 Å². The fraction of sp³-hybridized carbons (Fsp3) is 0.500. The fourth-order valence-electron chi connectivity index (χ4n) is 2.14. The maximum atomic E-state index is 11.0. The SMILES string of the molecule is COC(=O)CCCCCc1cc(OC)c(C=O)cc1OC. The number of rotatable bonds is 9. The van der Waals surface area contributed by atoms with Gasteiger partial charge in [-0.15, -0.1) is 0 Å². The molecule has 0 bridgehead atoms. The minimum atomic E-state index is -0.176. The molecule has 0 saturated heterocycles. The highest BCUT2D eigenvalue weighted by Gasteiger charge is 2.10. The zero-order valence-electron chi connectivity index (χ0n) is 12.8. The summed E-state index contributed by atoms with van der Waals surface area (Å²) in [4.78, 5) is 22.0. The van der Waals surface area contributed by atoms with E-state index in [1.165, 1.54) is 14.2 Å². The number of ether oxygens (including phenoxy) is 3. The highest BCUT2D eigenvalue weighted by atomic mass is 16.5. The minimum Gasteiger partial charge on any atom is -0.496 e. The van der Waals surface area contributed by atoms with Crippen molar-refractivity contribution in [3.05, 3.63) is 23.3 Å². The molecule has 1 aromatic rings. The number of aryl methyl sites for hydroxylation is 1. The van der Waals surface area contributed by atoms with E-state index in [1.807, 2.05) is 6.07 Å². The number of unbranched alkanes of at least 4 members (excludes halogenated alkanes) is 2. The van der Waals surface area contributed by atoms with Crippen LogP contribution in [0.3, 0.4) is 0 Å². The number of hydrogen-bond acceptors (Lipinski definition) is 5. The van der Waals surface area contributed by atoms with Gasteiger partial charge in [0.25, 0.3) is 0 Å². The van der Waals surface area contributed by atoms with Crippen LogP contribution in [0.5, 0.6) is 11.5 Å². The van der Waals surface area contributed by atoms with E-state index < -0.39 is 0 Å². The molecular weight excluding hydrogens is 272 g/mol. The van der Waals surface area contributed by atoms with Crippen LogP contribution in [0.4, 0.5) is 0 Å². The second-order valence-electron chi connectivity index (χ2n) is 4.66. The first kappa shape index (κ1) is 17.0. The zero-order valence-corrected chi connectivity index (χ0v) is 12.8. The Labute approximate surface area is 125 Å². The highest BCUT2D eigenvalue weighted by molar-refractivity contribution is 5.80. The molecule has 0 atom stereocenters. The molecule has 5 heteroatoms. The van der Waals surface area contributed by atoms with E-state index in [4.69, 9.17) is 9.47 Å². The van der Waals surface area contributed by atoms with Crippen molar-refractivity contribution in [1.82, 2.24) is 0 Å². The molecule has 0 spiro atoms. The molecule has 0 heterocycles. The molecule has 21 heavy (non-hydrogen) atoms. The number of hydrogen-bond donors (Lipinski definition) is 0. The number of benzene rings is 1. The Balaban J connectivity index is 2.61. The van der Waals surface area contributed by atoms with Crippen LogP contribution >= 0.6 is 0 Å². The lowest BCUT2D eigenvalue weighted by molar-refractivity contribution is -0.140. The third-order valence-corrected chi connectivity index (χ3v) is 3.31. The Morgan fingerprint density at radius 2 is 1.76 bits per heavy atom. The van der Waals surface area contributed by atoms with Crippen LogP contribution in [-0.4, -0.2) is 33.6 Å². The molecule has 0 aliphatic rings. The summed E-state index contributed by atoms with van der Waals surface area (Å²) in [5, 5.41) is 0. The monoisotopic (exact) mass is 294 g/mol. The molecule has 1 rings (SSSR count). The highest BCUT2D eigenvalue weighted by Crippen LogP contribution is 2.29. The Morgan fingerprint density at radius 3 is 2.33 bits per heavy atom. The van der Waals surface area contributed by atoms with Gasteiger partial charge in [-0.3, -0.25) is 9.59 Å². The van der Waals surface area contributed by atoms with E-state index >= 15 is 0 Å². The van der Waals surface area contributed by atoms with Crippen molar-refractivity contribution in [2.45, 2.75) is 32.1 Å². The van der Waals surface area contributed by atoms with Crippen molar-refractivity contribution in [2.75, 3.05) is 21.3 Å². The van der Waals surface area contributed by atoms with Gasteiger partial charge in [0, 0.05) is 6.42 Å². The fourth-order valence-corrected chi connectivity index (χ4v) is 2.14. The van der Waals surface area contributed by atoms with Crippen molar-refractivity contribution in [3.8, 4) is 11.5 Å². The normalized spacial score (nSPS) is 10.0. The molecule has 0 saturated carbocycles. The second kappa shape index (κ2) is 9.00. The molecule has 0 amide bonds. The third kappa shape index (κ3) is 5.10. The molecule has 0 aliphatic carbocycles. The van der Waals surface area contributed by atoms with Crippen LogP contribution in [-0.2, 0) is 16.0 Å². The van der Waals surface area contributed by atoms with E-state index in [0.717, 1.165) is 37.5 Å². The average molecular weight is 294 g/mol. The first-order valence-electron chi connectivity index (χ1n) is 6.93. The molecule has 0 aromatic heterocycles. The summed E-state index contributed by atoms with van der Waals surface area (Å²) in [5.74, 6) is 1.06. The van der Waals surface area contributed by atoms with Gasteiger partial charge in [0.1, 0.15) is 11.5 Å². The third-order valence-electron chi connectivity index (χ3n) is 3.31. The van der Waals surface area contributed by atoms with Crippen LogP contribution in [0, 0.1) is 0 Å². The van der Waals surface area contributed by atoms with Crippen LogP contribution in [0.25, 0.3) is 0 Å². The molecule has 0 aliphatic heterocycles. The number of esters is 1. The standard InChI is InChI=1S/C16H22O5/c1-19-14-10-13(11-17)15(20-2)9-12(14)7-5-4-6-8-16(18)21-3/h9-11H,4-8H2,1-3H3. The van der Waals surface area contributed by atoms with Gasteiger partial charge in [0.15, 0.2) is 6.29 Å². The molecule has 0 radical (unpaired) electrons. The number of carbonyl (C=O) groups excluding carboxylic acids is 2. The summed E-state index contributed by atoms with van der Waals surface area (Å²) in [7, 11) is 4.51. The van der Waals surface area contributed by atoms with Gasteiger partial charge >= 0.3 is 5.97 Å². The molecule has 0 N–H and O–H groups in total. The maximum absolute atomic E-state index is 11.0. The van der Waals surface area contributed by atoms with Gasteiger partial charge < -0.3 is 14.2 Å². The minimum absolute atomic E-state index is 0.176. The van der Waals surface area contributed by atoms with E-state index in [0.29, 0.717) is 23.5 Å². The molecule has 116 valence electrons. The van der Waals surface area contributed by atoms with Gasteiger partial charge in [-0.05, 0) is 37.0 Å². The first-order chi connectivity index (χ1) is 10.2. The van der Waals surface area contributed by atoms with Gasteiger partial charge in [-0.1, -0.05) is 6.42 Å². The number of carbonyl (C=O) groups is 2.